The summed E-state index contributed by atoms with van der Waals surface area (Å²) >= 11 is 1.84. The molecule has 0 saturated heterocycles. The maximum atomic E-state index is 10.9. The Morgan fingerprint density at radius 2 is 2.16 bits per heavy atom. The van der Waals surface area contributed by atoms with Crippen LogP contribution in [0.3, 0.4) is 0 Å². The van der Waals surface area contributed by atoms with E-state index in [1.165, 1.54) is 0 Å². The molecule has 1 rings (SSSR count). The quantitative estimate of drug-likeness (QED) is 0.451. The van der Waals surface area contributed by atoms with E-state index in [1.54, 1.807) is 6.07 Å². The number of nitrogens with zero attached hydrogens (tertiary/aromatic N) is 2. The summed E-state index contributed by atoms with van der Waals surface area (Å²) in [5, 5.41) is 13.9. The van der Waals surface area contributed by atoms with Crippen LogP contribution in [-0.2, 0) is 5.75 Å². The van der Waals surface area contributed by atoms with Crippen LogP contribution in [0.2, 0.25) is 0 Å². The number of benzene rings is 1. The van der Waals surface area contributed by atoms with E-state index in [0.29, 0.717) is 12.2 Å². The van der Waals surface area contributed by atoms with Gasteiger partial charge >= 0.3 is 0 Å². The molecule has 0 spiro atoms. The topological polar surface area (TPSA) is 58.4 Å². The van der Waals surface area contributed by atoms with E-state index in [4.69, 9.17) is 0 Å². The summed E-state index contributed by atoms with van der Waals surface area (Å²) in [5.74, 6) is 1.94. The molecule has 1 aromatic carbocycles. The van der Waals surface area contributed by atoms with Crippen molar-refractivity contribution in [2.24, 2.45) is 0 Å². The number of hydrogen-bond donors (Lipinski definition) is 1. The summed E-state index contributed by atoms with van der Waals surface area (Å²) in [6.07, 6.45) is 0. The van der Waals surface area contributed by atoms with Crippen molar-refractivity contribution in [2.45, 2.75) is 12.7 Å². The molecule has 0 amide bonds. The fourth-order valence-electron chi connectivity index (χ4n) is 1.60. The van der Waals surface area contributed by atoms with Gasteiger partial charge in [-0.15, -0.1) is 0 Å². The summed E-state index contributed by atoms with van der Waals surface area (Å²) in [6.45, 7) is 3.65. The van der Waals surface area contributed by atoms with Crippen LogP contribution in [0, 0.1) is 10.1 Å². The molecule has 0 radical (unpaired) electrons. The van der Waals surface area contributed by atoms with Crippen molar-refractivity contribution in [3.05, 3.63) is 33.9 Å². The first-order chi connectivity index (χ1) is 9.04. The van der Waals surface area contributed by atoms with E-state index in [1.807, 2.05) is 30.8 Å². The number of nitro benzene ring substituents is 1. The van der Waals surface area contributed by atoms with Gasteiger partial charge in [-0.05, 0) is 32.6 Å². The number of nitrogens with one attached hydrogen (secondary N) is 1. The highest BCUT2D eigenvalue weighted by Crippen LogP contribution is 2.27. The first-order valence-electron chi connectivity index (χ1n) is 6.28. The van der Waals surface area contributed by atoms with E-state index in [0.717, 1.165) is 23.6 Å². The third-order valence-corrected chi connectivity index (χ3v) is 3.59. The SMILES string of the molecule is CCNc1cc(CSCCN(C)C)ccc1[N+](=O)[O-]. The third-order valence-electron chi connectivity index (χ3n) is 2.58. The minimum Gasteiger partial charge on any atom is -0.380 e. The molecule has 0 aliphatic carbocycles. The highest BCUT2D eigenvalue weighted by Gasteiger charge is 2.13. The summed E-state index contributed by atoms with van der Waals surface area (Å²) < 4.78 is 0. The van der Waals surface area contributed by atoms with E-state index in [-0.39, 0.29) is 10.6 Å². The maximum Gasteiger partial charge on any atom is 0.292 e. The second-order valence-electron chi connectivity index (χ2n) is 4.49. The Kier molecular flexibility index (Phi) is 6.66. The van der Waals surface area contributed by atoms with Crippen LogP contribution in [0.1, 0.15) is 12.5 Å². The number of rotatable bonds is 8. The van der Waals surface area contributed by atoms with Gasteiger partial charge in [-0.25, -0.2) is 0 Å². The first kappa shape index (κ1) is 15.8. The lowest BCUT2D eigenvalue weighted by Gasteiger charge is -2.10. The number of hydrogen-bond acceptors (Lipinski definition) is 5. The Morgan fingerprint density at radius 1 is 1.42 bits per heavy atom. The number of thioether (sulfide) groups is 1. The van der Waals surface area contributed by atoms with Crippen LogP contribution >= 0.6 is 11.8 Å². The van der Waals surface area contributed by atoms with Crippen molar-refractivity contribution in [3.63, 3.8) is 0 Å². The fraction of sp³-hybridized carbons (Fsp3) is 0.538. The van der Waals surface area contributed by atoms with Crippen molar-refractivity contribution in [2.75, 3.05) is 38.3 Å². The normalized spacial score (nSPS) is 10.7. The van der Waals surface area contributed by atoms with E-state index in [2.05, 4.69) is 24.3 Å². The zero-order valence-electron chi connectivity index (χ0n) is 11.7. The molecule has 6 heteroatoms. The van der Waals surface area contributed by atoms with E-state index >= 15 is 0 Å². The van der Waals surface area contributed by atoms with Crippen LogP contribution in [0.15, 0.2) is 18.2 Å². The Morgan fingerprint density at radius 3 is 2.74 bits per heavy atom. The molecule has 0 heterocycles. The van der Waals surface area contributed by atoms with Gasteiger partial charge in [0.05, 0.1) is 4.92 Å². The fourth-order valence-corrected chi connectivity index (χ4v) is 2.66. The molecule has 0 aliphatic heterocycles. The monoisotopic (exact) mass is 283 g/mol. The Balaban J connectivity index is 2.64. The molecule has 1 aromatic rings. The van der Waals surface area contributed by atoms with Crippen LogP contribution in [-0.4, -0.2) is 42.8 Å². The van der Waals surface area contributed by atoms with Gasteiger partial charge in [0.2, 0.25) is 0 Å². The molecule has 0 bridgehead atoms. The summed E-state index contributed by atoms with van der Waals surface area (Å²) in [4.78, 5) is 12.7. The van der Waals surface area contributed by atoms with Gasteiger partial charge in [-0.3, -0.25) is 10.1 Å². The van der Waals surface area contributed by atoms with Gasteiger partial charge < -0.3 is 10.2 Å². The Hall–Kier alpha value is -1.27. The number of anilines is 1. The minimum atomic E-state index is -0.346. The predicted octanol–water partition coefficient (Wildman–Crippen LogP) is 2.82. The van der Waals surface area contributed by atoms with Gasteiger partial charge in [0.15, 0.2) is 0 Å². The Labute approximate surface area is 118 Å². The summed E-state index contributed by atoms with van der Waals surface area (Å²) in [6, 6.07) is 5.30. The molecule has 1 N–H and O–H groups in total. The molecule has 0 unspecified atom stereocenters. The van der Waals surface area contributed by atoms with Crippen molar-refractivity contribution in [1.29, 1.82) is 0 Å². The highest BCUT2D eigenvalue weighted by molar-refractivity contribution is 7.98. The molecule has 106 valence electrons. The highest BCUT2D eigenvalue weighted by atomic mass is 32.2. The molecule has 0 atom stereocenters. The largest absolute Gasteiger partial charge is 0.380 e. The van der Waals surface area contributed by atoms with Gasteiger partial charge in [0.1, 0.15) is 5.69 Å². The van der Waals surface area contributed by atoms with Gasteiger partial charge in [0.25, 0.3) is 5.69 Å². The van der Waals surface area contributed by atoms with Gasteiger partial charge in [0, 0.05) is 30.7 Å². The molecule has 0 aliphatic rings. The van der Waals surface area contributed by atoms with Crippen molar-refractivity contribution in [3.8, 4) is 0 Å². The lowest BCUT2D eigenvalue weighted by Crippen LogP contribution is -2.14. The smallest absolute Gasteiger partial charge is 0.292 e. The van der Waals surface area contributed by atoms with E-state index < -0.39 is 0 Å². The van der Waals surface area contributed by atoms with Crippen LogP contribution in [0.25, 0.3) is 0 Å². The lowest BCUT2D eigenvalue weighted by atomic mass is 10.2. The zero-order chi connectivity index (χ0) is 14.3. The second kappa shape index (κ2) is 8.01. The molecule has 5 nitrogen and oxygen atoms in total. The third kappa shape index (κ3) is 5.48. The summed E-state index contributed by atoms with van der Waals surface area (Å²) in [7, 11) is 4.10. The average molecular weight is 283 g/mol. The minimum absolute atomic E-state index is 0.142. The van der Waals surface area contributed by atoms with Crippen LogP contribution < -0.4 is 5.32 Å². The molecular weight excluding hydrogens is 262 g/mol. The molecule has 0 fully saturated rings. The van der Waals surface area contributed by atoms with Crippen molar-refractivity contribution >= 4 is 23.1 Å². The average Bonchev–Trinajstić information content (AvgIpc) is 2.35. The van der Waals surface area contributed by atoms with Gasteiger partial charge in [-0.2, -0.15) is 11.8 Å². The standard InChI is InChI=1S/C13H21N3O2S/c1-4-14-12-9-11(5-6-13(12)16(17)18)10-19-8-7-15(2)3/h5-6,9,14H,4,7-8,10H2,1-3H3. The Bertz CT molecular complexity index is 424. The summed E-state index contributed by atoms with van der Waals surface area (Å²) in [5.41, 5.74) is 1.87. The second-order valence-corrected chi connectivity index (χ2v) is 5.60. The van der Waals surface area contributed by atoms with Gasteiger partial charge in [-0.1, -0.05) is 6.07 Å². The van der Waals surface area contributed by atoms with Crippen LogP contribution in [0.4, 0.5) is 11.4 Å². The number of nitro groups is 1. The van der Waals surface area contributed by atoms with Crippen LogP contribution in [0.5, 0.6) is 0 Å². The molecule has 19 heavy (non-hydrogen) atoms. The zero-order valence-corrected chi connectivity index (χ0v) is 12.5. The first-order valence-corrected chi connectivity index (χ1v) is 7.43. The lowest BCUT2D eigenvalue weighted by molar-refractivity contribution is -0.384. The van der Waals surface area contributed by atoms with Crippen molar-refractivity contribution in [1.82, 2.24) is 4.90 Å². The van der Waals surface area contributed by atoms with Crippen molar-refractivity contribution < 1.29 is 4.92 Å². The molecular formula is C13H21N3O2S. The molecule has 0 aromatic heterocycles. The molecule has 0 saturated carbocycles. The van der Waals surface area contributed by atoms with E-state index in [9.17, 15) is 10.1 Å². The predicted molar refractivity (Wildman–Crippen MR) is 82.0 cm³/mol. The maximum absolute atomic E-state index is 10.9.